The molecule has 0 bridgehead atoms. The number of ether oxygens (including phenoxy) is 1. The van der Waals surface area contributed by atoms with Crippen LogP contribution in [0.2, 0.25) is 0 Å². The van der Waals surface area contributed by atoms with Crippen molar-refractivity contribution in [2.75, 3.05) is 19.7 Å². The molecule has 1 aliphatic heterocycles. The van der Waals surface area contributed by atoms with E-state index < -0.39 is 0 Å². The summed E-state index contributed by atoms with van der Waals surface area (Å²) in [7, 11) is 0. The smallest absolute Gasteiger partial charge is 0.151 e. The van der Waals surface area contributed by atoms with E-state index in [0.717, 1.165) is 36.7 Å². The van der Waals surface area contributed by atoms with Gasteiger partial charge in [-0.05, 0) is 6.92 Å². The highest BCUT2D eigenvalue weighted by molar-refractivity contribution is 5.59. The zero-order valence-electron chi connectivity index (χ0n) is 14.2. The van der Waals surface area contributed by atoms with Crippen LogP contribution >= 0.6 is 0 Å². The van der Waals surface area contributed by atoms with Crippen molar-refractivity contribution in [3.05, 3.63) is 54.3 Å². The molecule has 3 heterocycles. The molecule has 0 saturated carbocycles. The number of aromatic nitrogens is 4. The first-order valence-electron chi connectivity index (χ1n) is 8.45. The van der Waals surface area contributed by atoms with E-state index in [4.69, 9.17) is 9.26 Å². The molecule has 0 N–H and O–H groups in total. The van der Waals surface area contributed by atoms with Gasteiger partial charge in [0, 0.05) is 24.7 Å². The SMILES string of the molecule is Cc1ccc(-c2cc(CN3CCO[C@@H](Cn4cncn4)C3)on2)cc1. The third-order valence-corrected chi connectivity index (χ3v) is 4.37. The van der Waals surface area contributed by atoms with Gasteiger partial charge in [-0.3, -0.25) is 9.58 Å². The third kappa shape index (κ3) is 3.94. The Bertz CT molecular complexity index is 797. The lowest BCUT2D eigenvalue weighted by Crippen LogP contribution is -2.43. The van der Waals surface area contributed by atoms with Crippen molar-refractivity contribution in [1.82, 2.24) is 24.8 Å². The molecular weight excluding hydrogens is 318 g/mol. The van der Waals surface area contributed by atoms with E-state index in [-0.39, 0.29) is 6.10 Å². The summed E-state index contributed by atoms with van der Waals surface area (Å²) in [6.07, 6.45) is 3.36. The third-order valence-electron chi connectivity index (χ3n) is 4.37. The second-order valence-electron chi connectivity index (χ2n) is 6.39. The summed E-state index contributed by atoms with van der Waals surface area (Å²) in [6.45, 7) is 5.94. The van der Waals surface area contributed by atoms with Gasteiger partial charge in [0.2, 0.25) is 0 Å². The molecule has 0 amide bonds. The molecule has 2 aromatic heterocycles. The molecule has 1 fully saturated rings. The number of benzene rings is 1. The minimum Gasteiger partial charge on any atom is -0.374 e. The summed E-state index contributed by atoms with van der Waals surface area (Å²) in [4.78, 5) is 6.29. The van der Waals surface area contributed by atoms with Crippen LogP contribution in [0.3, 0.4) is 0 Å². The maximum absolute atomic E-state index is 5.83. The number of hydrogen-bond donors (Lipinski definition) is 0. The fourth-order valence-corrected chi connectivity index (χ4v) is 3.04. The van der Waals surface area contributed by atoms with Gasteiger partial charge in [0.25, 0.3) is 0 Å². The minimum absolute atomic E-state index is 0.106. The van der Waals surface area contributed by atoms with E-state index in [9.17, 15) is 0 Å². The van der Waals surface area contributed by atoms with E-state index in [2.05, 4.69) is 51.3 Å². The molecule has 4 rings (SSSR count). The molecule has 130 valence electrons. The lowest BCUT2D eigenvalue weighted by molar-refractivity contribution is -0.0422. The maximum Gasteiger partial charge on any atom is 0.151 e. The summed E-state index contributed by atoms with van der Waals surface area (Å²) in [5, 5.41) is 8.35. The number of nitrogens with zero attached hydrogens (tertiary/aromatic N) is 5. The van der Waals surface area contributed by atoms with Crippen LogP contribution in [0.1, 0.15) is 11.3 Å². The van der Waals surface area contributed by atoms with Crippen molar-refractivity contribution in [3.63, 3.8) is 0 Å². The summed E-state index contributed by atoms with van der Waals surface area (Å²) in [5.74, 6) is 0.872. The van der Waals surface area contributed by atoms with E-state index in [1.807, 2.05) is 6.07 Å². The van der Waals surface area contributed by atoms with Crippen LogP contribution in [0.4, 0.5) is 0 Å². The average Bonchev–Trinajstić information content (AvgIpc) is 3.28. The van der Waals surface area contributed by atoms with Crippen molar-refractivity contribution >= 4 is 0 Å². The first-order chi connectivity index (χ1) is 12.3. The predicted molar refractivity (Wildman–Crippen MR) is 91.7 cm³/mol. The van der Waals surface area contributed by atoms with Gasteiger partial charge in [-0.2, -0.15) is 5.10 Å². The van der Waals surface area contributed by atoms with E-state index in [1.54, 1.807) is 17.3 Å². The molecular formula is C18H21N5O2. The van der Waals surface area contributed by atoms with Crippen molar-refractivity contribution in [2.24, 2.45) is 0 Å². The van der Waals surface area contributed by atoms with Crippen LogP contribution < -0.4 is 0 Å². The Morgan fingerprint density at radius 1 is 1.24 bits per heavy atom. The molecule has 0 unspecified atom stereocenters. The number of morpholine rings is 1. The van der Waals surface area contributed by atoms with E-state index in [0.29, 0.717) is 13.2 Å². The molecule has 1 atom stereocenters. The molecule has 3 aromatic rings. The van der Waals surface area contributed by atoms with Gasteiger partial charge < -0.3 is 9.26 Å². The van der Waals surface area contributed by atoms with Gasteiger partial charge in [0.05, 0.1) is 25.8 Å². The molecule has 0 spiro atoms. The van der Waals surface area contributed by atoms with Crippen LogP contribution in [0.5, 0.6) is 0 Å². The Morgan fingerprint density at radius 3 is 2.92 bits per heavy atom. The van der Waals surface area contributed by atoms with Crippen LogP contribution in [0.25, 0.3) is 11.3 Å². The van der Waals surface area contributed by atoms with Crippen molar-refractivity contribution < 1.29 is 9.26 Å². The molecule has 7 nitrogen and oxygen atoms in total. The van der Waals surface area contributed by atoms with Crippen LogP contribution in [-0.4, -0.2) is 50.6 Å². The summed E-state index contributed by atoms with van der Waals surface area (Å²) >= 11 is 0. The summed E-state index contributed by atoms with van der Waals surface area (Å²) in [6, 6.07) is 10.3. The molecule has 25 heavy (non-hydrogen) atoms. The summed E-state index contributed by atoms with van der Waals surface area (Å²) < 4.78 is 13.2. The number of rotatable bonds is 5. The fourth-order valence-electron chi connectivity index (χ4n) is 3.04. The first kappa shape index (κ1) is 16.0. The van der Waals surface area contributed by atoms with E-state index >= 15 is 0 Å². The van der Waals surface area contributed by atoms with Gasteiger partial charge >= 0.3 is 0 Å². The van der Waals surface area contributed by atoms with Crippen LogP contribution in [0.15, 0.2) is 47.5 Å². The second-order valence-corrected chi connectivity index (χ2v) is 6.39. The van der Waals surface area contributed by atoms with Crippen LogP contribution in [-0.2, 0) is 17.8 Å². The monoisotopic (exact) mass is 339 g/mol. The Morgan fingerprint density at radius 2 is 2.12 bits per heavy atom. The van der Waals surface area contributed by atoms with Gasteiger partial charge in [-0.15, -0.1) is 0 Å². The Balaban J connectivity index is 1.37. The minimum atomic E-state index is 0.106. The zero-order valence-corrected chi connectivity index (χ0v) is 14.2. The molecule has 1 aliphatic rings. The van der Waals surface area contributed by atoms with Gasteiger partial charge in [0.15, 0.2) is 5.76 Å². The highest BCUT2D eigenvalue weighted by Gasteiger charge is 2.22. The molecule has 0 radical (unpaired) electrons. The molecule has 1 saturated heterocycles. The molecule has 0 aliphatic carbocycles. The zero-order chi connectivity index (χ0) is 17.1. The molecule has 7 heteroatoms. The topological polar surface area (TPSA) is 69.2 Å². The Hall–Kier alpha value is -2.51. The Kier molecular flexibility index (Phi) is 4.58. The largest absolute Gasteiger partial charge is 0.374 e. The van der Waals surface area contributed by atoms with Gasteiger partial charge in [-0.25, -0.2) is 4.98 Å². The summed E-state index contributed by atoms with van der Waals surface area (Å²) in [5.41, 5.74) is 3.19. The van der Waals surface area contributed by atoms with Crippen LogP contribution in [0, 0.1) is 6.92 Å². The van der Waals surface area contributed by atoms with E-state index in [1.165, 1.54) is 5.56 Å². The molecule has 1 aromatic carbocycles. The normalized spacial score (nSPS) is 18.5. The highest BCUT2D eigenvalue weighted by atomic mass is 16.5. The number of hydrogen-bond acceptors (Lipinski definition) is 6. The van der Waals surface area contributed by atoms with Gasteiger partial charge in [0.1, 0.15) is 18.3 Å². The van der Waals surface area contributed by atoms with Gasteiger partial charge in [-0.1, -0.05) is 35.0 Å². The first-order valence-corrected chi connectivity index (χ1v) is 8.45. The quantitative estimate of drug-likeness (QED) is 0.709. The van der Waals surface area contributed by atoms with Crippen molar-refractivity contribution in [1.29, 1.82) is 0 Å². The standard InChI is InChI=1S/C18H21N5O2/c1-14-2-4-15(5-3-14)18-8-16(25-21-18)9-22-6-7-24-17(10-22)11-23-13-19-12-20-23/h2-5,8,12-13,17H,6-7,9-11H2,1H3/t17-/m1/s1. The fraction of sp³-hybridized carbons (Fsp3) is 0.389. The Labute approximate surface area is 146 Å². The van der Waals surface area contributed by atoms with Crippen molar-refractivity contribution in [2.45, 2.75) is 26.1 Å². The predicted octanol–water partition coefficient (Wildman–Crippen LogP) is 2.14. The maximum atomic E-state index is 5.83. The van der Waals surface area contributed by atoms with Crippen molar-refractivity contribution in [3.8, 4) is 11.3 Å². The lowest BCUT2D eigenvalue weighted by atomic mass is 10.1. The number of aryl methyl sites for hydroxylation is 1. The average molecular weight is 339 g/mol. The lowest BCUT2D eigenvalue weighted by Gasteiger charge is -2.32. The highest BCUT2D eigenvalue weighted by Crippen LogP contribution is 2.21. The second kappa shape index (κ2) is 7.16.